The van der Waals surface area contributed by atoms with Crippen LogP contribution in [0.15, 0.2) is 0 Å². The van der Waals surface area contributed by atoms with E-state index in [1.165, 1.54) is 7.11 Å². The zero-order valence-electron chi connectivity index (χ0n) is 6.13. The number of methoxy groups -OCH3 is 1. The van der Waals surface area contributed by atoms with Crippen molar-refractivity contribution in [3.63, 3.8) is 0 Å². The molecule has 0 radical (unpaired) electrons. The van der Waals surface area contributed by atoms with Crippen LogP contribution in [-0.4, -0.2) is 30.7 Å². The summed E-state index contributed by atoms with van der Waals surface area (Å²) in [5.41, 5.74) is 0. The number of aliphatic hydroxyl groups excluding tert-OH is 2. The number of unbranched alkanes of at least 4 members (excludes halogenated alkanes) is 1. The second kappa shape index (κ2) is 15.7. The highest BCUT2D eigenvalue weighted by molar-refractivity contribution is 4.23. The molecule has 9 heavy (non-hydrogen) atoms. The van der Waals surface area contributed by atoms with Gasteiger partial charge in [-0.2, -0.15) is 0 Å². The van der Waals surface area contributed by atoms with Crippen molar-refractivity contribution in [3.05, 3.63) is 0 Å². The van der Waals surface area contributed by atoms with Crippen LogP contribution in [0.1, 0.15) is 19.8 Å². The highest BCUT2D eigenvalue weighted by Gasteiger charge is 1.69. The smallest absolute Gasteiger partial charge is 0.143 e. The van der Waals surface area contributed by atoms with Crippen molar-refractivity contribution in [2.45, 2.75) is 19.8 Å². The Balaban J connectivity index is 0. The summed E-state index contributed by atoms with van der Waals surface area (Å²) in [6.07, 6.45) is 2.04. The average molecular weight is 136 g/mol. The Hall–Kier alpha value is -0.120. The molecule has 3 heteroatoms. The molecule has 58 valence electrons. The lowest BCUT2D eigenvalue weighted by atomic mass is 10.4. The Morgan fingerprint density at radius 3 is 1.78 bits per heavy atom. The molecule has 0 rings (SSSR count). The van der Waals surface area contributed by atoms with E-state index in [-0.39, 0.29) is 6.79 Å². The molecule has 0 fully saturated rings. The topological polar surface area (TPSA) is 49.7 Å². The fraction of sp³-hybridized carbons (Fsp3) is 1.00. The highest BCUT2D eigenvalue weighted by Crippen LogP contribution is 1.78. The SMILES string of the molecule is CCCCO.COCO. The van der Waals surface area contributed by atoms with Gasteiger partial charge in [0.15, 0.2) is 0 Å². The molecule has 0 heterocycles. The van der Waals surface area contributed by atoms with Crippen LogP contribution in [-0.2, 0) is 4.74 Å². The number of hydrogen-bond donors (Lipinski definition) is 2. The fourth-order valence-electron chi connectivity index (χ4n) is 0.158. The van der Waals surface area contributed by atoms with Crippen LogP contribution >= 0.6 is 0 Å². The number of aliphatic hydroxyl groups is 2. The van der Waals surface area contributed by atoms with Gasteiger partial charge in [-0.3, -0.25) is 0 Å². The second-order valence-corrected chi connectivity index (χ2v) is 1.49. The van der Waals surface area contributed by atoms with Crippen LogP contribution in [0, 0.1) is 0 Å². The largest absolute Gasteiger partial charge is 0.396 e. The molecule has 0 atom stereocenters. The summed E-state index contributed by atoms with van der Waals surface area (Å²) in [6, 6.07) is 0. The first-order chi connectivity index (χ1) is 4.33. The summed E-state index contributed by atoms with van der Waals surface area (Å²) in [7, 11) is 1.43. The lowest BCUT2D eigenvalue weighted by Crippen LogP contribution is -1.79. The van der Waals surface area contributed by atoms with E-state index in [1.54, 1.807) is 0 Å². The first-order valence-electron chi connectivity index (χ1n) is 3.04. The molecule has 0 spiro atoms. The summed E-state index contributed by atoms with van der Waals surface area (Å²) >= 11 is 0. The number of rotatable bonds is 3. The Labute approximate surface area is 56.3 Å². The second-order valence-electron chi connectivity index (χ2n) is 1.49. The van der Waals surface area contributed by atoms with Gasteiger partial charge in [0.1, 0.15) is 6.79 Å². The molecular formula is C6H16O3. The Kier molecular flexibility index (Phi) is 20.3. The maximum atomic E-state index is 8.07. The van der Waals surface area contributed by atoms with Gasteiger partial charge in [-0.25, -0.2) is 0 Å². The normalized spacial score (nSPS) is 8.00. The molecule has 0 aliphatic rings. The number of hydrogen-bond acceptors (Lipinski definition) is 3. The highest BCUT2D eigenvalue weighted by atomic mass is 16.6. The molecular weight excluding hydrogens is 120 g/mol. The third-order valence-electron chi connectivity index (χ3n) is 0.641. The summed E-state index contributed by atoms with van der Waals surface area (Å²) in [5.74, 6) is 0. The van der Waals surface area contributed by atoms with Crippen LogP contribution in [0.5, 0.6) is 0 Å². The van der Waals surface area contributed by atoms with Gasteiger partial charge in [-0.15, -0.1) is 0 Å². The molecule has 0 aromatic carbocycles. The molecule has 3 nitrogen and oxygen atoms in total. The molecule has 0 unspecified atom stereocenters. The molecule has 0 bridgehead atoms. The minimum absolute atomic E-state index is 0.181. The van der Waals surface area contributed by atoms with Crippen LogP contribution in [0.25, 0.3) is 0 Å². The first-order valence-corrected chi connectivity index (χ1v) is 3.04. The van der Waals surface area contributed by atoms with Gasteiger partial charge in [-0.1, -0.05) is 13.3 Å². The van der Waals surface area contributed by atoms with Crippen molar-refractivity contribution in [2.24, 2.45) is 0 Å². The quantitative estimate of drug-likeness (QED) is 0.551. The van der Waals surface area contributed by atoms with E-state index in [2.05, 4.69) is 11.7 Å². The van der Waals surface area contributed by atoms with E-state index in [0.717, 1.165) is 12.8 Å². The van der Waals surface area contributed by atoms with E-state index in [1.807, 2.05) is 0 Å². The zero-order chi connectivity index (χ0) is 7.54. The van der Waals surface area contributed by atoms with Crippen LogP contribution in [0.4, 0.5) is 0 Å². The molecule has 0 aliphatic heterocycles. The van der Waals surface area contributed by atoms with Crippen LogP contribution in [0.2, 0.25) is 0 Å². The van der Waals surface area contributed by atoms with Crippen molar-refractivity contribution in [1.29, 1.82) is 0 Å². The fourth-order valence-corrected chi connectivity index (χ4v) is 0.158. The Morgan fingerprint density at radius 2 is 1.78 bits per heavy atom. The Morgan fingerprint density at radius 1 is 1.33 bits per heavy atom. The monoisotopic (exact) mass is 136 g/mol. The van der Waals surface area contributed by atoms with Crippen molar-refractivity contribution < 1.29 is 14.9 Å². The minimum atomic E-state index is -0.181. The van der Waals surface area contributed by atoms with Crippen LogP contribution < -0.4 is 0 Å². The zero-order valence-corrected chi connectivity index (χ0v) is 6.13. The Bertz CT molecular complexity index is 27.5. The average Bonchev–Trinajstić information content (AvgIpc) is 1.91. The number of ether oxygens (including phenoxy) is 1. The van der Waals surface area contributed by atoms with Crippen molar-refractivity contribution in [2.75, 3.05) is 20.5 Å². The molecule has 0 aliphatic carbocycles. The van der Waals surface area contributed by atoms with Crippen LogP contribution in [0.3, 0.4) is 0 Å². The van der Waals surface area contributed by atoms with Gasteiger partial charge in [0.25, 0.3) is 0 Å². The van der Waals surface area contributed by atoms with Gasteiger partial charge < -0.3 is 14.9 Å². The van der Waals surface area contributed by atoms with E-state index < -0.39 is 0 Å². The molecule has 0 saturated carbocycles. The maximum absolute atomic E-state index is 8.07. The molecule has 0 amide bonds. The minimum Gasteiger partial charge on any atom is -0.396 e. The van der Waals surface area contributed by atoms with Gasteiger partial charge in [0, 0.05) is 13.7 Å². The van der Waals surface area contributed by atoms with Gasteiger partial charge in [0.05, 0.1) is 0 Å². The summed E-state index contributed by atoms with van der Waals surface area (Å²) in [6.45, 7) is 2.22. The lowest BCUT2D eigenvalue weighted by molar-refractivity contribution is 0.0325. The molecule has 0 saturated heterocycles. The summed E-state index contributed by atoms with van der Waals surface area (Å²) in [4.78, 5) is 0. The van der Waals surface area contributed by atoms with Crippen molar-refractivity contribution in [1.82, 2.24) is 0 Å². The van der Waals surface area contributed by atoms with E-state index >= 15 is 0 Å². The predicted molar refractivity (Wildman–Crippen MR) is 36.1 cm³/mol. The van der Waals surface area contributed by atoms with Crippen molar-refractivity contribution in [3.8, 4) is 0 Å². The van der Waals surface area contributed by atoms with E-state index in [0.29, 0.717) is 6.61 Å². The third kappa shape index (κ3) is 32.8. The van der Waals surface area contributed by atoms with E-state index in [4.69, 9.17) is 10.2 Å². The first kappa shape index (κ1) is 11.6. The van der Waals surface area contributed by atoms with E-state index in [9.17, 15) is 0 Å². The lowest BCUT2D eigenvalue weighted by Gasteiger charge is -1.79. The van der Waals surface area contributed by atoms with Gasteiger partial charge >= 0.3 is 0 Å². The molecule has 0 aromatic rings. The predicted octanol–water partition coefficient (Wildman–Crippen LogP) is 0.361. The molecule has 0 aromatic heterocycles. The van der Waals surface area contributed by atoms with Gasteiger partial charge in [0.2, 0.25) is 0 Å². The summed E-state index contributed by atoms with van der Waals surface area (Å²) in [5, 5.41) is 15.7. The molecule has 2 N–H and O–H groups in total. The third-order valence-corrected chi connectivity index (χ3v) is 0.641. The standard InChI is InChI=1S/C4H10O.C2H6O2/c1-2-3-4-5;1-4-2-3/h5H,2-4H2,1H3;3H,2H2,1H3. The van der Waals surface area contributed by atoms with Gasteiger partial charge in [-0.05, 0) is 6.42 Å². The van der Waals surface area contributed by atoms with Crippen molar-refractivity contribution >= 4 is 0 Å². The maximum Gasteiger partial charge on any atom is 0.143 e. The summed E-state index contributed by atoms with van der Waals surface area (Å²) < 4.78 is 4.10.